The van der Waals surface area contributed by atoms with Crippen molar-refractivity contribution in [3.63, 3.8) is 0 Å². The summed E-state index contributed by atoms with van der Waals surface area (Å²) in [7, 11) is 0. The lowest BCUT2D eigenvalue weighted by atomic mass is 10.1. The van der Waals surface area contributed by atoms with Gasteiger partial charge in [0.25, 0.3) is 0 Å². The molecule has 0 unspecified atom stereocenters. The van der Waals surface area contributed by atoms with Gasteiger partial charge < -0.3 is 16.0 Å². The third-order valence-corrected chi connectivity index (χ3v) is 5.18. The van der Waals surface area contributed by atoms with E-state index in [-0.39, 0.29) is 18.0 Å². The molecule has 0 saturated carbocycles. The minimum atomic E-state index is -0.201. The Morgan fingerprint density at radius 3 is 2.56 bits per heavy atom. The summed E-state index contributed by atoms with van der Waals surface area (Å²) in [6, 6.07) is 13.5. The van der Waals surface area contributed by atoms with Crippen LogP contribution in [0, 0.1) is 13.8 Å². The van der Waals surface area contributed by atoms with Gasteiger partial charge in [0, 0.05) is 29.8 Å². The van der Waals surface area contributed by atoms with Crippen LogP contribution in [-0.2, 0) is 4.79 Å². The molecule has 27 heavy (non-hydrogen) atoms. The predicted molar refractivity (Wildman–Crippen MR) is 112 cm³/mol. The number of carbonyl (C=O) groups is 2. The van der Waals surface area contributed by atoms with Gasteiger partial charge in [-0.2, -0.15) is 0 Å². The molecule has 0 aliphatic rings. The average Bonchev–Trinajstić information content (AvgIpc) is 2.61. The largest absolute Gasteiger partial charge is 0.337 e. The van der Waals surface area contributed by atoms with E-state index in [0.29, 0.717) is 6.54 Å². The Labute approximate surface area is 165 Å². The van der Waals surface area contributed by atoms with Crippen LogP contribution < -0.4 is 16.0 Å². The Morgan fingerprint density at radius 2 is 1.85 bits per heavy atom. The van der Waals surface area contributed by atoms with Crippen LogP contribution in [0.3, 0.4) is 0 Å². The Hall–Kier alpha value is -2.47. The molecule has 2 aromatic rings. The first-order valence-corrected chi connectivity index (χ1v) is 9.95. The van der Waals surface area contributed by atoms with Crippen LogP contribution in [0.4, 0.5) is 10.5 Å². The molecule has 5 nitrogen and oxygen atoms in total. The van der Waals surface area contributed by atoms with Gasteiger partial charge in [-0.1, -0.05) is 18.2 Å². The van der Waals surface area contributed by atoms with E-state index in [1.807, 2.05) is 31.2 Å². The maximum absolute atomic E-state index is 12.1. The highest BCUT2D eigenvalue weighted by Crippen LogP contribution is 2.20. The number of benzene rings is 2. The Balaban J connectivity index is 1.76. The van der Waals surface area contributed by atoms with E-state index in [2.05, 4.69) is 48.0 Å². The lowest BCUT2D eigenvalue weighted by molar-refractivity contribution is -0.114. The van der Waals surface area contributed by atoms with Crippen LogP contribution in [0.25, 0.3) is 0 Å². The topological polar surface area (TPSA) is 70.2 Å². The van der Waals surface area contributed by atoms with Crippen molar-refractivity contribution < 1.29 is 9.59 Å². The molecule has 0 heterocycles. The van der Waals surface area contributed by atoms with Gasteiger partial charge in [0.1, 0.15) is 0 Å². The summed E-state index contributed by atoms with van der Waals surface area (Å²) in [6.07, 6.45) is 0. The van der Waals surface area contributed by atoms with Gasteiger partial charge in [-0.05, 0) is 61.7 Å². The second-order valence-corrected chi connectivity index (χ2v) is 7.69. The maximum Gasteiger partial charge on any atom is 0.315 e. The number of hydrogen-bond acceptors (Lipinski definition) is 3. The van der Waals surface area contributed by atoms with Crippen LogP contribution in [0.5, 0.6) is 0 Å². The first-order chi connectivity index (χ1) is 12.8. The van der Waals surface area contributed by atoms with E-state index in [4.69, 9.17) is 0 Å². The first-order valence-electron chi connectivity index (χ1n) is 8.97. The zero-order chi connectivity index (χ0) is 19.8. The molecule has 0 aliphatic carbocycles. The van der Waals surface area contributed by atoms with Gasteiger partial charge in [-0.25, -0.2) is 4.79 Å². The summed E-state index contributed by atoms with van der Waals surface area (Å²) in [4.78, 5) is 24.5. The van der Waals surface area contributed by atoms with E-state index in [1.165, 1.54) is 22.9 Å². The molecule has 0 aromatic heterocycles. The van der Waals surface area contributed by atoms with E-state index < -0.39 is 0 Å². The number of aryl methyl sites for hydroxylation is 2. The summed E-state index contributed by atoms with van der Waals surface area (Å²) in [5, 5.41) is 8.55. The fourth-order valence-corrected chi connectivity index (χ4v) is 3.42. The molecule has 1 atom stereocenters. The predicted octanol–water partition coefficient (Wildman–Crippen LogP) is 4.41. The lowest BCUT2D eigenvalue weighted by Crippen LogP contribution is -2.38. The highest BCUT2D eigenvalue weighted by molar-refractivity contribution is 7.99. The van der Waals surface area contributed by atoms with E-state index in [0.717, 1.165) is 17.0 Å². The van der Waals surface area contributed by atoms with E-state index >= 15 is 0 Å². The number of thioether (sulfide) groups is 1. The molecule has 0 saturated heterocycles. The molecule has 0 fully saturated rings. The monoisotopic (exact) mass is 385 g/mol. The highest BCUT2D eigenvalue weighted by Gasteiger charge is 2.10. The highest BCUT2D eigenvalue weighted by atomic mass is 32.2. The fraction of sp³-hybridized carbons (Fsp3) is 0.333. The Morgan fingerprint density at radius 1 is 1.07 bits per heavy atom. The Bertz CT molecular complexity index is 808. The molecule has 0 spiro atoms. The summed E-state index contributed by atoms with van der Waals surface area (Å²) in [5.74, 6) is 0.689. The molecular formula is C21H27N3O2S. The van der Waals surface area contributed by atoms with Crippen molar-refractivity contribution >= 4 is 29.4 Å². The van der Waals surface area contributed by atoms with Gasteiger partial charge >= 0.3 is 6.03 Å². The van der Waals surface area contributed by atoms with Crippen molar-refractivity contribution in [2.75, 3.05) is 17.6 Å². The number of nitrogens with one attached hydrogen (secondary N) is 3. The number of carbonyl (C=O) groups excluding carboxylic acids is 2. The standard InChI is InChI=1S/C21H27N3O2S/c1-14-8-9-20(12-15(14)2)27-11-10-22-21(26)23-16(3)18-6-5-7-19(13-18)24-17(4)25/h5-9,12-13,16H,10-11H2,1-4H3,(H,24,25)(H2,22,23,26)/t16-/m0/s1. The van der Waals surface area contributed by atoms with Crippen molar-refractivity contribution in [2.24, 2.45) is 0 Å². The van der Waals surface area contributed by atoms with Gasteiger partial charge in [-0.3, -0.25) is 4.79 Å². The first kappa shape index (κ1) is 20.8. The molecule has 2 rings (SSSR count). The molecule has 144 valence electrons. The lowest BCUT2D eigenvalue weighted by Gasteiger charge is -2.16. The third-order valence-electron chi connectivity index (χ3n) is 4.19. The molecular weight excluding hydrogens is 358 g/mol. The number of rotatable bonds is 7. The molecule has 6 heteroatoms. The van der Waals surface area contributed by atoms with E-state index in [9.17, 15) is 9.59 Å². The minimum absolute atomic E-state index is 0.119. The molecule has 0 radical (unpaired) electrons. The van der Waals surface area contributed by atoms with Crippen molar-refractivity contribution in [3.05, 3.63) is 59.2 Å². The number of urea groups is 1. The van der Waals surface area contributed by atoms with Crippen molar-refractivity contribution in [2.45, 2.75) is 38.6 Å². The number of anilines is 1. The summed E-state index contributed by atoms with van der Waals surface area (Å²) >= 11 is 1.73. The van der Waals surface area contributed by atoms with Crippen LogP contribution >= 0.6 is 11.8 Å². The zero-order valence-corrected chi connectivity index (χ0v) is 17.1. The fourth-order valence-electron chi connectivity index (χ4n) is 2.56. The van der Waals surface area contributed by atoms with Crippen LogP contribution in [-0.4, -0.2) is 24.2 Å². The zero-order valence-electron chi connectivity index (χ0n) is 16.3. The normalized spacial score (nSPS) is 11.6. The molecule has 3 amide bonds. The third kappa shape index (κ3) is 6.98. The Kier molecular flexibility index (Phi) is 7.73. The molecule has 0 bridgehead atoms. The molecule has 2 aromatic carbocycles. The van der Waals surface area contributed by atoms with E-state index in [1.54, 1.807) is 11.8 Å². The number of amides is 3. The van der Waals surface area contributed by atoms with Crippen LogP contribution in [0.1, 0.15) is 36.6 Å². The van der Waals surface area contributed by atoms with Gasteiger partial charge in [0.05, 0.1) is 6.04 Å². The summed E-state index contributed by atoms with van der Waals surface area (Å²) in [5.41, 5.74) is 4.22. The van der Waals surface area contributed by atoms with Crippen LogP contribution in [0.2, 0.25) is 0 Å². The smallest absolute Gasteiger partial charge is 0.315 e. The quantitative estimate of drug-likeness (QED) is 0.488. The second-order valence-electron chi connectivity index (χ2n) is 6.52. The van der Waals surface area contributed by atoms with Crippen molar-refractivity contribution in [1.82, 2.24) is 10.6 Å². The van der Waals surface area contributed by atoms with Gasteiger partial charge in [0.15, 0.2) is 0 Å². The van der Waals surface area contributed by atoms with Gasteiger partial charge in [-0.15, -0.1) is 11.8 Å². The molecule has 3 N–H and O–H groups in total. The minimum Gasteiger partial charge on any atom is -0.337 e. The number of hydrogen-bond donors (Lipinski definition) is 3. The van der Waals surface area contributed by atoms with Crippen LogP contribution in [0.15, 0.2) is 47.4 Å². The summed E-state index contributed by atoms with van der Waals surface area (Å²) in [6.45, 7) is 8.17. The van der Waals surface area contributed by atoms with Crippen molar-refractivity contribution in [3.8, 4) is 0 Å². The SMILES string of the molecule is CC(=O)Nc1cccc([C@H](C)NC(=O)NCCSc2ccc(C)c(C)c2)c1. The molecule has 0 aliphatic heterocycles. The summed E-state index contributed by atoms with van der Waals surface area (Å²) < 4.78 is 0. The second kappa shape index (κ2) is 10.0. The van der Waals surface area contributed by atoms with Crippen molar-refractivity contribution in [1.29, 1.82) is 0 Å². The average molecular weight is 386 g/mol. The van der Waals surface area contributed by atoms with Gasteiger partial charge in [0.2, 0.25) is 5.91 Å². The maximum atomic E-state index is 12.1.